The van der Waals surface area contributed by atoms with Crippen molar-refractivity contribution in [3.05, 3.63) is 41.0 Å². The van der Waals surface area contributed by atoms with Crippen LogP contribution in [0.3, 0.4) is 0 Å². The highest BCUT2D eigenvalue weighted by Crippen LogP contribution is 2.22. The number of nitrogens with zero attached hydrogens (tertiary/aromatic N) is 1. The van der Waals surface area contributed by atoms with Gasteiger partial charge in [0.05, 0.1) is 13.2 Å². The van der Waals surface area contributed by atoms with E-state index in [0.717, 1.165) is 37.2 Å². The predicted octanol–water partition coefficient (Wildman–Crippen LogP) is 2.27. The van der Waals surface area contributed by atoms with Crippen LogP contribution in [0.5, 0.6) is 0 Å². The first-order valence-corrected chi connectivity index (χ1v) is 6.36. The number of hydrogen-bond donors (Lipinski definition) is 1. The van der Waals surface area contributed by atoms with Crippen LogP contribution in [-0.4, -0.2) is 31.9 Å². The molecule has 3 nitrogen and oxygen atoms in total. The Balaban J connectivity index is 2.07. The van der Waals surface area contributed by atoms with E-state index in [1.807, 2.05) is 13.0 Å². The molecule has 3 heteroatoms. The third kappa shape index (κ3) is 2.92. The van der Waals surface area contributed by atoms with Crippen molar-refractivity contribution in [1.29, 1.82) is 0 Å². The van der Waals surface area contributed by atoms with Crippen molar-refractivity contribution >= 4 is 5.69 Å². The van der Waals surface area contributed by atoms with E-state index in [4.69, 9.17) is 4.74 Å². The maximum absolute atomic E-state index is 9.18. The van der Waals surface area contributed by atoms with Gasteiger partial charge in [0.1, 0.15) is 0 Å². The molecule has 1 N–H and O–H groups in total. The van der Waals surface area contributed by atoms with Crippen molar-refractivity contribution in [2.24, 2.45) is 0 Å². The zero-order valence-corrected chi connectivity index (χ0v) is 11.1. The standard InChI is InChI=1S/C15H21NO2/c1-12-9-15(4-3-14(12)10-17)16-7-5-13(6-8-16)11-18-2/h3-5,9,17H,6-8,10-11H2,1-2H3. The van der Waals surface area contributed by atoms with E-state index >= 15 is 0 Å². The van der Waals surface area contributed by atoms with Crippen LogP contribution in [0.2, 0.25) is 0 Å². The van der Waals surface area contributed by atoms with Crippen LogP contribution in [0.15, 0.2) is 29.8 Å². The average molecular weight is 247 g/mol. The molecule has 0 spiro atoms. The summed E-state index contributed by atoms with van der Waals surface area (Å²) in [6.07, 6.45) is 3.32. The van der Waals surface area contributed by atoms with E-state index < -0.39 is 0 Å². The SMILES string of the molecule is COCC1=CCN(c2ccc(CO)c(C)c2)CC1. The van der Waals surface area contributed by atoms with Gasteiger partial charge in [-0.1, -0.05) is 12.1 Å². The molecule has 0 unspecified atom stereocenters. The first-order chi connectivity index (χ1) is 8.74. The largest absolute Gasteiger partial charge is 0.392 e. The number of aliphatic hydroxyl groups excluding tert-OH is 1. The van der Waals surface area contributed by atoms with Crippen LogP contribution in [0.1, 0.15) is 17.5 Å². The monoisotopic (exact) mass is 247 g/mol. The van der Waals surface area contributed by atoms with Crippen molar-refractivity contribution in [1.82, 2.24) is 0 Å². The summed E-state index contributed by atoms with van der Waals surface area (Å²) in [5.41, 5.74) is 4.78. The van der Waals surface area contributed by atoms with Crippen molar-refractivity contribution in [2.75, 3.05) is 31.7 Å². The number of anilines is 1. The number of hydrogen-bond acceptors (Lipinski definition) is 3. The summed E-state index contributed by atoms with van der Waals surface area (Å²) in [5.74, 6) is 0. The van der Waals surface area contributed by atoms with Gasteiger partial charge in [-0.2, -0.15) is 0 Å². The highest BCUT2D eigenvalue weighted by Gasteiger charge is 2.12. The lowest BCUT2D eigenvalue weighted by Crippen LogP contribution is -2.29. The number of rotatable bonds is 4. The second-order valence-corrected chi connectivity index (χ2v) is 4.76. The molecular formula is C15H21NO2. The number of aliphatic hydroxyl groups is 1. The fourth-order valence-electron chi connectivity index (χ4n) is 2.32. The number of ether oxygens (including phenoxy) is 1. The Hall–Kier alpha value is -1.32. The number of benzene rings is 1. The predicted molar refractivity (Wildman–Crippen MR) is 73.9 cm³/mol. The Morgan fingerprint density at radius 3 is 2.78 bits per heavy atom. The molecule has 2 rings (SSSR count). The molecule has 0 bridgehead atoms. The molecule has 0 saturated heterocycles. The van der Waals surface area contributed by atoms with E-state index in [0.29, 0.717) is 0 Å². The van der Waals surface area contributed by atoms with E-state index in [1.165, 1.54) is 11.3 Å². The fraction of sp³-hybridized carbons (Fsp3) is 0.467. The third-order valence-corrected chi connectivity index (χ3v) is 3.49. The van der Waals surface area contributed by atoms with Gasteiger partial charge in [-0.25, -0.2) is 0 Å². The van der Waals surface area contributed by atoms with E-state index in [9.17, 15) is 5.11 Å². The van der Waals surface area contributed by atoms with E-state index in [1.54, 1.807) is 7.11 Å². The smallest absolute Gasteiger partial charge is 0.0684 e. The van der Waals surface area contributed by atoms with Crippen LogP contribution < -0.4 is 4.90 Å². The van der Waals surface area contributed by atoms with Gasteiger partial charge in [0, 0.05) is 25.9 Å². The normalized spacial score (nSPS) is 15.7. The summed E-state index contributed by atoms with van der Waals surface area (Å²) in [7, 11) is 1.74. The van der Waals surface area contributed by atoms with Gasteiger partial charge in [0.25, 0.3) is 0 Å². The van der Waals surface area contributed by atoms with Crippen LogP contribution in [-0.2, 0) is 11.3 Å². The quantitative estimate of drug-likeness (QED) is 0.828. The minimum absolute atomic E-state index is 0.115. The maximum Gasteiger partial charge on any atom is 0.0684 e. The van der Waals surface area contributed by atoms with Crippen LogP contribution >= 0.6 is 0 Å². The van der Waals surface area contributed by atoms with Crippen molar-refractivity contribution in [2.45, 2.75) is 20.0 Å². The van der Waals surface area contributed by atoms with Crippen molar-refractivity contribution in [3.8, 4) is 0 Å². The summed E-state index contributed by atoms with van der Waals surface area (Å²) in [4.78, 5) is 2.35. The average Bonchev–Trinajstić information content (AvgIpc) is 2.40. The number of methoxy groups -OCH3 is 1. The molecular weight excluding hydrogens is 226 g/mol. The molecule has 1 heterocycles. The van der Waals surface area contributed by atoms with E-state index in [2.05, 4.69) is 23.1 Å². The fourth-order valence-corrected chi connectivity index (χ4v) is 2.32. The molecule has 1 aromatic rings. The lowest BCUT2D eigenvalue weighted by atomic mass is 10.1. The first kappa shape index (κ1) is 13.1. The Kier molecular flexibility index (Phi) is 4.39. The molecule has 0 fully saturated rings. The maximum atomic E-state index is 9.18. The zero-order chi connectivity index (χ0) is 13.0. The summed E-state index contributed by atoms with van der Waals surface area (Å²) < 4.78 is 5.16. The third-order valence-electron chi connectivity index (χ3n) is 3.49. The summed E-state index contributed by atoms with van der Waals surface area (Å²) in [6.45, 7) is 4.88. The summed E-state index contributed by atoms with van der Waals surface area (Å²) in [6, 6.07) is 6.26. The summed E-state index contributed by atoms with van der Waals surface area (Å²) >= 11 is 0. The van der Waals surface area contributed by atoms with E-state index in [-0.39, 0.29) is 6.61 Å². The Morgan fingerprint density at radius 2 is 2.22 bits per heavy atom. The lowest BCUT2D eigenvalue weighted by Gasteiger charge is -2.28. The van der Waals surface area contributed by atoms with Gasteiger partial charge in [-0.05, 0) is 42.2 Å². The Morgan fingerprint density at radius 1 is 1.39 bits per heavy atom. The molecule has 0 saturated carbocycles. The van der Waals surface area contributed by atoms with Gasteiger partial charge in [-0.3, -0.25) is 0 Å². The van der Waals surface area contributed by atoms with Crippen molar-refractivity contribution in [3.63, 3.8) is 0 Å². The highest BCUT2D eigenvalue weighted by molar-refractivity contribution is 5.52. The van der Waals surface area contributed by atoms with Gasteiger partial charge >= 0.3 is 0 Å². The minimum atomic E-state index is 0.115. The molecule has 0 atom stereocenters. The van der Waals surface area contributed by atoms with Gasteiger partial charge in [0.15, 0.2) is 0 Å². The molecule has 18 heavy (non-hydrogen) atoms. The second kappa shape index (κ2) is 6.03. The van der Waals surface area contributed by atoms with Crippen LogP contribution in [0.4, 0.5) is 5.69 Å². The molecule has 1 aliphatic heterocycles. The molecule has 0 radical (unpaired) electrons. The lowest BCUT2D eigenvalue weighted by molar-refractivity contribution is 0.222. The molecule has 0 aromatic heterocycles. The van der Waals surface area contributed by atoms with Crippen LogP contribution in [0, 0.1) is 6.92 Å². The van der Waals surface area contributed by atoms with Crippen LogP contribution in [0.25, 0.3) is 0 Å². The van der Waals surface area contributed by atoms with Gasteiger partial charge in [-0.15, -0.1) is 0 Å². The Bertz CT molecular complexity index is 440. The molecule has 1 aliphatic rings. The molecule has 98 valence electrons. The summed E-state index contributed by atoms with van der Waals surface area (Å²) in [5, 5.41) is 9.18. The number of aryl methyl sites for hydroxylation is 1. The van der Waals surface area contributed by atoms with Gasteiger partial charge < -0.3 is 14.7 Å². The molecule has 0 aliphatic carbocycles. The molecule has 1 aromatic carbocycles. The second-order valence-electron chi connectivity index (χ2n) is 4.76. The molecule has 0 amide bonds. The first-order valence-electron chi connectivity index (χ1n) is 6.36. The topological polar surface area (TPSA) is 32.7 Å². The minimum Gasteiger partial charge on any atom is -0.392 e. The van der Waals surface area contributed by atoms with Gasteiger partial charge in [0.2, 0.25) is 0 Å². The Labute approximate surface area is 109 Å². The highest BCUT2D eigenvalue weighted by atomic mass is 16.5. The zero-order valence-electron chi connectivity index (χ0n) is 11.1. The van der Waals surface area contributed by atoms with Crippen molar-refractivity contribution < 1.29 is 9.84 Å².